The van der Waals surface area contributed by atoms with Gasteiger partial charge in [-0.25, -0.2) is 17.1 Å². The molecular weight excluding hydrogens is 405 g/mol. The second-order valence-corrected chi connectivity index (χ2v) is 9.59. The van der Waals surface area contributed by atoms with Gasteiger partial charge >= 0.3 is 0 Å². The van der Waals surface area contributed by atoms with Crippen LogP contribution in [0.2, 0.25) is 0 Å². The summed E-state index contributed by atoms with van der Waals surface area (Å²) < 4.78 is 39.2. The first kappa shape index (κ1) is 22.2. The Labute approximate surface area is 177 Å². The lowest BCUT2D eigenvalue weighted by molar-refractivity contribution is -0.122. The summed E-state index contributed by atoms with van der Waals surface area (Å²) in [6.45, 7) is 2.01. The van der Waals surface area contributed by atoms with Gasteiger partial charge < -0.3 is 10.2 Å². The average Bonchev–Trinajstić information content (AvgIpc) is 2.75. The van der Waals surface area contributed by atoms with E-state index in [2.05, 4.69) is 22.3 Å². The smallest absolute Gasteiger partial charge is 0.242 e. The lowest BCUT2D eigenvalue weighted by Crippen LogP contribution is -2.44. The number of rotatable bonds is 8. The number of sulfonamides is 1. The normalized spacial score (nSPS) is 15.4. The van der Waals surface area contributed by atoms with Crippen molar-refractivity contribution in [2.24, 2.45) is 0 Å². The predicted molar refractivity (Wildman–Crippen MR) is 115 cm³/mol. The molecule has 0 radical (unpaired) electrons. The summed E-state index contributed by atoms with van der Waals surface area (Å²) in [5.74, 6) is -0.538. The molecule has 0 bridgehead atoms. The van der Waals surface area contributed by atoms with Crippen LogP contribution in [0, 0.1) is 5.82 Å². The van der Waals surface area contributed by atoms with Gasteiger partial charge in [-0.05, 0) is 55.7 Å². The van der Waals surface area contributed by atoms with E-state index in [-0.39, 0.29) is 29.8 Å². The Morgan fingerprint density at radius 1 is 1.10 bits per heavy atom. The van der Waals surface area contributed by atoms with Crippen LogP contribution >= 0.6 is 0 Å². The van der Waals surface area contributed by atoms with E-state index >= 15 is 0 Å². The van der Waals surface area contributed by atoms with E-state index in [1.54, 1.807) is 0 Å². The first-order valence-electron chi connectivity index (χ1n) is 10.2. The highest BCUT2D eigenvalue weighted by molar-refractivity contribution is 7.89. The molecular formula is C22H28FN3O3S. The number of nitrogens with one attached hydrogen (secondary N) is 1. The second kappa shape index (κ2) is 10.0. The SMILES string of the molecule is CN(CCCC(=O)NC1CCN(c2ccccc2)CC1)S(=O)(=O)c1ccc(F)cc1. The summed E-state index contributed by atoms with van der Waals surface area (Å²) in [5.41, 5.74) is 1.20. The topological polar surface area (TPSA) is 69.7 Å². The van der Waals surface area contributed by atoms with Crippen molar-refractivity contribution >= 4 is 21.6 Å². The molecule has 0 aliphatic carbocycles. The number of piperidine rings is 1. The highest BCUT2D eigenvalue weighted by atomic mass is 32.2. The summed E-state index contributed by atoms with van der Waals surface area (Å²) >= 11 is 0. The van der Waals surface area contributed by atoms with Crippen LogP contribution in [0.4, 0.5) is 10.1 Å². The number of halogens is 1. The summed E-state index contributed by atoms with van der Waals surface area (Å²) in [6, 6.07) is 15.1. The van der Waals surface area contributed by atoms with E-state index in [0.717, 1.165) is 38.1 Å². The number of hydrogen-bond donors (Lipinski definition) is 1. The molecule has 1 aliphatic heterocycles. The Kier molecular flexibility index (Phi) is 7.44. The highest BCUT2D eigenvalue weighted by Gasteiger charge is 2.22. The van der Waals surface area contributed by atoms with E-state index in [1.165, 1.54) is 29.2 Å². The number of nitrogens with zero attached hydrogens (tertiary/aromatic N) is 2. The van der Waals surface area contributed by atoms with Crippen LogP contribution in [0.3, 0.4) is 0 Å². The molecule has 2 aromatic rings. The van der Waals surface area contributed by atoms with Gasteiger partial charge in [0.05, 0.1) is 4.90 Å². The second-order valence-electron chi connectivity index (χ2n) is 7.55. The standard InChI is InChI=1S/C22H28FN3O3S/c1-25(30(28,29)21-11-9-18(23)10-12-21)15-5-8-22(27)24-19-13-16-26(17-14-19)20-6-3-2-4-7-20/h2-4,6-7,9-12,19H,5,8,13-17H2,1H3,(H,24,27). The molecule has 1 aliphatic rings. The van der Waals surface area contributed by atoms with Gasteiger partial charge in [0.25, 0.3) is 0 Å². The van der Waals surface area contributed by atoms with E-state index in [4.69, 9.17) is 0 Å². The molecule has 1 N–H and O–H groups in total. The molecule has 1 saturated heterocycles. The number of anilines is 1. The van der Waals surface area contributed by atoms with Crippen molar-refractivity contribution in [2.45, 2.75) is 36.6 Å². The van der Waals surface area contributed by atoms with Crippen molar-refractivity contribution in [3.05, 3.63) is 60.4 Å². The first-order valence-corrected chi connectivity index (χ1v) is 11.6. The summed E-state index contributed by atoms with van der Waals surface area (Å²) in [4.78, 5) is 14.6. The molecule has 2 aromatic carbocycles. The maximum Gasteiger partial charge on any atom is 0.242 e. The summed E-state index contributed by atoms with van der Waals surface area (Å²) in [7, 11) is -2.22. The molecule has 162 valence electrons. The maximum atomic E-state index is 13.0. The zero-order chi connectivity index (χ0) is 21.6. The number of para-hydroxylation sites is 1. The van der Waals surface area contributed by atoms with Crippen LogP contribution in [0.15, 0.2) is 59.5 Å². The molecule has 0 spiro atoms. The number of hydrogen-bond acceptors (Lipinski definition) is 4. The van der Waals surface area contributed by atoms with Gasteiger partial charge in [-0.2, -0.15) is 0 Å². The van der Waals surface area contributed by atoms with Crippen LogP contribution in [-0.2, 0) is 14.8 Å². The molecule has 1 fully saturated rings. The highest BCUT2D eigenvalue weighted by Crippen LogP contribution is 2.20. The fraction of sp³-hybridized carbons (Fsp3) is 0.409. The Morgan fingerprint density at radius 2 is 1.73 bits per heavy atom. The van der Waals surface area contributed by atoms with E-state index in [9.17, 15) is 17.6 Å². The molecule has 1 heterocycles. The Bertz CT molecular complexity index is 928. The van der Waals surface area contributed by atoms with E-state index in [0.29, 0.717) is 6.42 Å². The minimum Gasteiger partial charge on any atom is -0.371 e. The first-order chi connectivity index (χ1) is 14.4. The van der Waals surface area contributed by atoms with E-state index in [1.807, 2.05) is 18.2 Å². The van der Waals surface area contributed by atoms with Crippen molar-refractivity contribution < 1.29 is 17.6 Å². The molecule has 0 saturated carbocycles. The third-order valence-corrected chi connectivity index (χ3v) is 7.25. The molecule has 8 heteroatoms. The predicted octanol–water partition coefficient (Wildman–Crippen LogP) is 3.01. The van der Waals surface area contributed by atoms with Gasteiger partial charge in [-0.15, -0.1) is 0 Å². The lowest BCUT2D eigenvalue weighted by atomic mass is 10.0. The largest absolute Gasteiger partial charge is 0.371 e. The average molecular weight is 434 g/mol. The van der Waals surface area contributed by atoms with Crippen molar-refractivity contribution in [2.75, 3.05) is 31.6 Å². The zero-order valence-electron chi connectivity index (χ0n) is 17.1. The van der Waals surface area contributed by atoms with Crippen molar-refractivity contribution in [1.29, 1.82) is 0 Å². The molecule has 1 amide bonds. The quantitative estimate of drug-likeness (QED) is 0.695. The van der Waals surface area contributed by atoms with Gasteiger partial charge in [-0.1, -0.05) is 18.2 Å². The van der Waals surface area contributed by atoms with Gasteiger partial charge in [-0.3, -0.25) is 4.79 Å². The number of benzene rings is 2. The molecule has 30 heavy (non-hydrogen) atoms. The van der Waals surface area contributed by atoms with Gasteiger partial charge in [0, 0.05) is 44.8 Å². The molecule has 6 nitrogen and oxygen atoms in total. The minimum absolute atomic E-state index is 0.0426. The molecule has 0 unspecified atom stereocenters. The Balaban J connectivity index is 1.39. The number of carbonyl (C=O) groups is 1. The third-order valence-electron chi connectivity index (χ3n) is 5.38. The van der Waals surface area contributed by atoms with Crippen LogP contribution in [0.5, 0.6) is 0 Å². The monoisotopic (exact) mass is 433 g/mol. The van der Waals surface area contributed by atoms with Gasteiger partial charge in [0.15, 0.2) is 0 Å². The van der Waals surface area contributed by atoms with Crippen molar-refractivity contribution in [3.63, 3.8) is 0 Å². The van der Waals surface area contributed by atoms with Crippen LogP contribution in [-0.4, -0.2) is 51.4 Å². The summed E-state index contributed by atoms with van der Waals surface area (Å²) in [5, 5.41) is 3.07. The van der Waals surface area contributed by atoms with Crippen LogP contribution < -0.4 is 10.2 Å². The third kappa shape index (κ3) is 5.79. The van der Waals surface area contributed by atoms with Crippen LogP contribution in [0.1, 0.15) is 25.7 Å². The fourth-order valence-electron chi connectivity index (χ4n) is 3.59. The molecule has 3 rings (SSSR count). The number of amides is 1. The Hall–Kier alpha value is -2.45. The Morgan fingerprint density at radius 3 is 2.37 bits per heavy atom. The van der Waals surface area contributed by atoms with Crippen molar-refractivity contribution in [3.8, 4) is 0 Å². The van der Waals surface area contributed by atoms with Gasteiger partial charge in [0.2, 0.25) is 15.9 Å². The summed E-state index contributed by atoms with van der Waals surface area (Å²) in [6.07, 6.45) is 2.47. The molecule has 0 aromatic heterocycles. The maximum absolute atomic E-state index is 13.0. The van der Waals surface area contributed by atoms with Crippen LogP contribution in [0.25, 0.3) is 0 Å². The molecule has 0 atom stereocenters. The zero-order valence-corrected chi connectivity index (χ0v) is 17.9. The number of carbonyl (C=O) groups excluding carboxylic acids is 1. The van der Waals surface area contributed by atoms with Gasteiger partial charge in [0.1, 0.15) is 5.82 Å². The minimum atomic E-state index is -3.68. The lowest BCUT2D eigenvalue weighted by Gasteiger charge is -2.34. The fourth-order valence-corrected chi connectivity index (χ4v) is 4.80. The van der Waals surface area contributed by atoms with E-state index < -0.39 is 15.8 Å². The van der Waals surface area contributed by atoms with Crippen molar-refractivity contribution in [1.82, 2.24) is 9.62 Å².